The molecule has 3 aromatic carbocycles. The lowest BCUT2D eigenvalue weighted by Gasteiger charge is -2.22. The summed E-state index contributed by atoms with van der Waals surface area (Å²) in [5.41, 5.74) is 4.68. The molecule has 0 bridgehead atoms. The molecule has 0 spiro atoms. The van der Waals surface area contributed by atoms with Crippen molar-refractivity contribution in [1.82, 2.24) is 19.6 Å². The molecule has 5 atom stereocenters. The summed E-state index contributed by atoms with van der Waals surface area (Å²) >= 11 is 0. The fraction of sp³-hybridized carbons (Fsp3) is 0.412. The van der Waals surface area contributed by atoms with E-state index >= 15 is 0 Å². The third kappa shape index (κ3) is 7.42. The van der Waals surface area contributed by atoms with Gasteiger partial charge in [-0.25, -0.2) is 18.1 Å². The molecular formula is C34H43N5O6S. The summed E-state index contributed by atoms with van der Waals surface area (Å²) in [6.45, 7) is 8.08. The predicted molar refractivity (Wildman–Crippen MR) is 178 cm³/mol. The Balaban J connectivity index is 1.54. The molecule has 1 aliphatic rings. The van der Waals surface area contributed by atoms with Gasteiger partial charge in [0, 0.05) is 25.0 Å². The van der Waals surface area contributed by atoms with Gasteiger partial charge in [-0.15, -0.1) is 0 Å². The molecule has 5 N–H and O–H groups in total. The van der Waals surface area contributed by atoms with E-state index in [4.69, 9.17) is 4.74 Å². The van der Waals surface area contributed by atoms with Gasteiger partial charge >= 0.3 is 0 Å². The summed E-state index contributed by atoms with van der Waals surface area (Å²) < 4.78 is 36.1. The van der Waals surface area contributed by atoms with Gasteiger partial charge in [-0.1, -0.05) is 74.5 Å². The Labute approximate surface area is 270 Å². The van der Waals surface area contributed by atoms with E-state index in [0.717, 1.165) is 11.1 Å². The van der Waals surface area contributed by atoms with Crippen LogP contribution >= 0.6 is 0 Å². The first-order valence-corrected chi connectivity index (χ1v) is 17.3. The minimum absolute atomic E-state index is 0.00173. The minimum atomic E-state index is -3.58. The molecule has 0 saturated carbocycles. The molecule has 0 radical (unpaired) electrons. The van der Waals surface area contributed by atoms with Gasteiger partial charge < -0.3 is 30.2 Å². The van der Waals surface area contributed by atoms with E-state index in [9.17, 15) is 23.4 Å². The summed E-state index contributed by atoms with van der Waals surface area (Å²) in [4.78, 5) is 17.2. The number of hydrogen-bond acceptors (Lipinski definition) is 8. The number of aromatic nitrogens is 2. The van der Waals surface area contributed by atoms with Crippen molar-refractivity contribution in [2.75, 3.05) is 24.2 Å². The molecule has 246 valence electrons. The second-order valence-corrected chi connectivity index (χ2v) is 14.0. The van der Waals surface area contributed by atoms with E-state index in [-0.39, 0.29) is 17.6 Å². The zero-order valence-electron chi connectivity index (χ0n) is 26.5. The van der Waals surface area contributed by atoms with Crippen molar-refractivity contribution < 1.29 is 28.2 Å². The number of rotatable bonds is 13. The summed E-state index contributed by atoms with van der Waals surface area (Å²) in [5.74, 6) is -0.591. The van der Waals surface area contributed by atoms with Crippen molar-refractivity contribution in [3.63, 3.8) is 0 Å². The number of ether oxygens (including phenoxy) is 1. The number of sulfonamides is 1. The Morgan fingerprint density at radius 2 is 1.59 bits per heavy atom. The smallest absolute Gasteiger partial charge is 0.252 e. The monoisotopic (exact) mass is 649 g/mol. The zero-order valence-corrected chi connectivity index (χ0v) is 27.3. The zero-order chi connectivity index (χ0) is 33.0. The van der Waals surface area contributed by atoms with Crippen LogP contribution in [0.4, 0.5) is 5.69 Å². The first kappa shape index (κ1) is 33.6. The van der Waals surface area contributed by atoms with E-state index in [1.165, 1.54) is 6.33 Å². The van der Waals surface area contributed by atoms with E-state index in [0.29, 0.717) is 35.4 Å². The van der Waals surface area contributed by atoms with E-state index in [1.807, 2.05) is 56.3 Å². The maximum absolute atomic E-state index is 12.9. The number of benzene rings is 3. The summed E-state index contributed by atoms with van der Waals surface area (Å²) in [7, 11) is -3.58. The van der Waals surface area contributed by atoms with Gasteiger partial charge in [0.05, 0.1) is 23.3 Å². The van der Waals surface area contributed by atoms with Crippen LogP contribution in [-0.2, 0) is 19.6 Å². The Hall–Kier alpha value is -3.81. The quantitative estimate of drug-likeness (QED) is 0.147. The molecule has 46 heavy (non-hydrogen) atoms. The number of amides is 1. The topological polar surface area (TPSA) is 155 Å². The molecule has 1 amide bonds. The molecule has 4 aromatic rings. The number of nitrogens with one attached hydrogen (secondary N) is 3. The highest BCUT2D eigenvalue weighted by Crippen LogP contribution is 2.36. The van der Waals surface area contributed by atoms with Gasteiger partial charge in [0.15, 0.2) is 12.3 Å². The lowest BCUT2D eigenvalue weighted by Crippen LogP contribution is -2.42. The molecule has 1 saturated heterocycles. The van der Waals surface area contributed by atoms with E-state index in [2.05, 4.69) is 44.6 Å². The SMILES string of the molecule is CCNC(=O)[C@H]1O[C@@H](n2cnc3c(NCC(c4ccccc4)c4ccccc4)cc(C(C)NS(=O)(=O)CC(C)C)cc32)[C@H](O)[C@@H]1O. The fourth-order valence-electron chi connectivity index (χ4n) is 5.96. The number of hydrogen-bond donors (Lipinski definition) is 5. The van der Waals surface area contributed by atoms with Gasteiger partial charge in [-0.05, 0) is 48.6 Å². The number of carbonyl (C=O) groups excluding carboxylic acids is 1. The van der Waals surface area contributed by atoms with Crippen LogP contribution in [0.1, 0.15) is 62.6 Å². The average Bonchev–Trinajstić information content (AvgIpc) is 3.57. The van der Waals surface area contributed by atoms with Crippen molar-refractivity contribution in [3.8, 4) is 0 Å². The molecule has 1 aliphatic heterocycles. The van der Waals surface area contributed by atoms with E-state index < -0.39 is 46.5 Å². The molecule has 0 aliphatic carbocycles. The third-order valence-corrected chi connectivity index (χ3v) is 9.95. The number of fused-ring (bicyclic) bond motifs is 1. The maximum atomic E-state index is 12.9. The first-order valence-electron chi connectivity index (χ1n) is 15.6. The normalized spacial score (nSPS) is 20.8. The highest BCUT2D eigenvalue weighted by atomic mass is 32.2. The molecular weight excluding hydrogens is 606 g/mol. The van der Waals surface area contributed by atoms with Crippen LogP contribution in [0.3, 0.4) is 0 Å². The summed E-state index contributed by atoms with van der Waals surface area (Å²) in [6.07, 6.45) is -3.73. The van der Waals surface area contributed by atoms with Crippen LogP contribution in [0.15, 0.2) is 79.1 Å². The Morgan fingerprint density at radius 1 is 0.957 bits per heavy atom. The second kappa shape index (κ2) is 14.3. The van der Waals surface area contributed by atoms with Crippen LogP contribution in [0.5, 0.6) is 0 Å². The molecule has 11 nitrogen and oxygen atoms in total. The van der Waals surface area contributed by atoms with Crippen molar-refractivity contribution in [2.24, 2.45) is 5.92 Å². The van der Waals surface area contributed by atoms with Gasteiger partial charge in [0.1, 0.15) is 17.7 Å². The highest BCUT2D eigenvalue weighted by molar-refractivity contribution is 7.89. The van der Waals surface area contributed by atoms with Gasteiger partial charge in [-0.3, -0.25) is 4.79 Å². The van der Waals surface area contributed by atoms with Crippen LogP contribution < -0.4 is 15.4 Å². The Kier molecular flexibility index (Phi) is 10.4. The van der Waals surface area contributed by atoms with Crippen molar-refractivity contribution in [3.05, 3.63) is 95.8 Å². The summed E-state index contributed by atoms with van der Waals surface area (Å²) in [5, 5.41) is 27.9. The number of aliphatic hydroxyl groups excluding tert-OH is 2. The molecule has 2 heterocycles. The standard InChI is InChI=1S/C34H43N5O6S/c1-5-35-33(42)32-30(40)31(41)34(45-32)39-20-37-29-27(16-25(17-28(29)39)22(4)38-46(43,44)19-21(2)3)36-18-26(23-12-8-6-9-13-23)24-14-10-7-11-15-24/h6-17,20-22,26,30-32,34,36,38,40-41H,5,18-19H2,1-4H3,(H,35,42)/t22?,30-,31+,32-,34+/m0/s1. The van der Waals surface area contributed by atoms with Crippen LogP contribution in [-0.4, -0.2) is 71.2 Å². The second-order valence-electron chi connectivity index (χ2n) is 12.2. The first-order chi connectivity index (χ1) is 22.0. The number of aliphatic hydroxyl groups is 2. The van der Waals surface area contributed by atoms with Crippen molar-refractivity contribution >= 4 is 32.7 Å². The molecule has 1 fully saturated rings. The Morgan fingerprint density at radius 3 is 2.17 bits per heavy atom. The fourth-order valence-corrected chi connectivity index (χ4v) is 7.61. The number of nitrogens with zero attached hydrogens (tertiary/aromatic N) is 2. The lowest BCUT2D eigenvalue weighted by molar-refractivity contribution is -0.137. The van der Waals surface area contributed by atoms with Gasteiger partial charge in [-0.2, -0.15) is 0 Å². The molecule has 5 rings (SSSR count). The van der Waals surface area contributed by atoms with Crippen LogP contribution in [0, 0.1) is 5.92 Å². The molecule has 12 heteroatoms. The summed E-state index contributed by atoms with van der Waals surface area (Å²) in [6, 6.07) is 23.4. The average molecular weight is 650 g/mol. The number of imidazole rings is 1. The van der Waals surface area contributed by atoms with Gasteiger partial charge in [0.25, 0.3) is 5.91 Å². The van der Waals surface area contributed by atoms with Crippen molar-refractivity contribution in [2.45, 2.75) is 64.2 Å². The largest absolute Gasteiger partial charge is 0.387 e. The number of carbonyl (C=O) groups is 1. The molecule has 1 aromatic heterocycles. The van der Waals surface area contributed by atoms with Crippen LogP contribution in [0.2, 0.25) is 0 Å². The molecule has 1 unspecified atom stereocenters. The van der Waals surface area contributed by atoms with E-state index in [1.54, 1.807) is 24.5 Å². The Bertz CT molecular complexity index is 1690. The van der Waals surface area contributed by atoms with Crippen LogP contribution in [0.25, 0.3) is 11.0 Å². The number of anilines is 1. The lowest BCUT2D eigenvalue weighted by atomic mass is 9.91. The highest BCUT2D eigenvalue weighted by Gasteiger charge is 2.47. The predicted octanol–water partition coefficient (Wildman–Crippen LogP) is 3.67. The minimum Gasteiger partial charge on any atom is -0.387 e. The maximum Gasteiger partial charge on any atom is 0.252 e. The van der Waals surface area contributed by atoms with Gasteiger partial charge in [0.2, 0.25) is 10.0 Å². The number of likely N-dealkylation sites (N-methyl/N-ethyl adjacent to an activating group) is 1. The van der Waals surface area contributed by atoms with Crippen molar-refractivity contribution in [1.29, 1.82) is 0 Å². The third-order valence-electron chi connectivity index (χ3n) is 8.13.